The summed E-state index contributed by atoms with van der Waals surface area (Å²) in [4.78, 5) is 7.32. The molecule has 0 aliphatic heterocycles. The van der Waals surface area contributed by atoms with E-state index < -0.39 is 29.8 Å². The van der Waals surface area contributed by atoms with Gasteiger partial charge >= 0.3 is 12.5 Å². The lowest BCUT2D eigenvalue weighted by Crippen LogP contribution is -2.17. The molecule has 0 aliphatic carbocycles. The van der Waals surface area contributed by atoms with E-state index in [1.807, 2.05) is 0 Å². The maximum Gasteiger partial charge on any atom is 0.573 e. The number of hydrogen-bond donors (Lipinski definition) is 0. The molecule has 0 radical (unpaired) electrons. The lowest BCUT2D eigenvalue weighted by Gasteiger charge is -2.14. The van der Waals surface area contributed by atoms with E-state index in [1.165, 1.54) is 13.2 Å². The van der Waals surface area contributed by atoms with Crippen LogP contribution in [0.1, 0.15) is 17.1 Å². The van der Waals surface area contributed by atoms with Gasteiger partial charge in [0, 0.05) is 18.9 Å². The van der Waals surface area contributed by atoms with Gasteiger partial charge in [-0.1, -0.05) is 0 Å². The second kappa shape index (κ2) is 7.25. The molecule has 152 valence electrons. The van der Waals surface area contributed by atoms with Gasteiger partial charge < -0.3 is 9.47 Å². The molecule has 0 atom stereocenters. The summed E-state index contributed by atoms with van der Waals surface area (Å²) in [6, 6.07) is 4.85. The quantitative estimate of drug-likeness (QED) is 0.592. The number of benzene rings is 1. The Balaban J connectivity index is 2.16. The summed E-state index contributed by atoms with van der Waals surface area (Å²) in [7, 11) is 1.30. The number of imidazole rings is 1. The fourth-order valence-corrected chi connectivity index (χ4v) is 2.70. The highest BCUT2D eigenvalue weighted by molar-refractivity contribution is 5.67. The van der Waals surface area contributed by atoms with E-state index in [9.17, 15) is 26.3 Å². The van der Waals surface area contributed by atoms with Crippen LogP contribution in [-0.4, -0.2) is 27.8 Å². The Hall–Kier alpha value is -3.33. The summed E-state index contributed by atoms with van der Waals surface area (Å²) in [5.41, 5.74) is -0.175. The summed E-state index contributed by atoms with van der Waals surface area (Å²) >= 11 is 0. The number of fused-ring (bicyclic) bond motifs is 1. The Morgan fingerprint density at radius 3 is 2.48 bits per heavy atom. The predicted octanol–water partition coefficient (Wildman–Crippen LogP) is 4.33. The Bertz CT molecular complexity index is 1100. The van der Waals surface area contributed by atoms with Gasteiger partial charge in [-0.2, -0.15) is 18.4 Å². The van der Waals surface area contributed by atoms with Gasteiger partial charge in [0.15, 0.2) is 5.69 Å². The fourth-order valence-electron chi connectivity index (χ4n) is 2.70. The van der Waals surface area contributed by atoms with Crippen LogP contribution in [0.4, 0.5) is 26.3 Å². The van der Waals surface area contributed by atoms with Crippen LogP contribution in [0, 0.1) is 11.3 Å². The molecular formula is C17H10F6N4O2. The normalized spacial score (nSPS) is 12.2. The van der Waals surface area contributed by atoms with E-state index in [-0.39, 0.29) is 28.9 Å². The standard InChI is InChI=1S/C17H10F6N4O2/c1-28-8-9-4-10(29-17(21,22)23)2-3-11(9)13-7-27-14(6-25-13)12(5-24)26-15(27)16(18,19)20/h2-4,6-7H,8H2,1H3. The van der Waals surface area contributed by atoms with Crippen molar-refractivity contribution in [2.75, 3.05) is 7.11 Å². The summed E-state index contributed by atoms with van der Waals surface area (Å²) in [5.74, 6) is -1.84. The zero-order valence-corrected chi connectivity index (χ0v) is 14.5. The topological polar surface area (TPSA) is 72.4 Å². The first-order chi connectivity index (χ1) is 13.5. The molecule has 1 aromatic carbocycles. The molecule has 3 aromatic rings. The van der Waals surface area contributed by atoms with Crippen LogP contribution in [0.15, 0.2) is 30.6 Å². The van der Waals surface area contributed by atoms with Crippen LogP contribution in [0.2, 0.25) is 0 Å². The zero-order valence-electron chi connectivity index (χ0n) is 14.5. The second-order valence-corrected chi connectivity index (χ2v) is 5.72. The molecule has 0 fully saturated rings. The predicted molar refractivity (Wildman–Crippen MR) is 85.5 cm³/mol. The van der Waals surface area contributed by atoms with E-state index >= 15 is 0 Å². The van der Waals surface area contributed by atoms with Gasteiger partial charge in [-0.15, -0.1) is 13.2 Å². The maximum atomic E-state index is 13.3. The van der Waals surface area contributed by atoms with Crippen LogP contribution in [0.5, 0.6) is 5.75 Å². The number of nitrogens with zero attached hydrogens (tertiary/aromatic N) is 4. The Labute approximate surface area is 158 Å². The van der Waals surface area contributed by atoms with Crippen molar-refractivity contribution in [1.29, 1.82) is 5.26 Å². The van der Waals surface area contributed by atoms with Crippen LogP contribution >= 0.6 is 0 Å². The van der Waals surface area contributed by atoms with Crippen molar-refractivity contribution in [3.05, 3.63) is 47.7 Å². The number of aromatic nitrogens is 3. The summed E-state index contributed by atoms with van der Waals surface area (Å²) < 4.78 is 86.6. The first-order valence-corrected chi connectivity index (χ1v) is 7.77. The van der Waals surface area contributed by atoms with Crippen molar-refractivity contribution < 1.29 is 35.8 Å². The second-order valence-electron chi connectivity index (χ2n) is 5.72. The van der Waals surface area contributed by atoms with Gasteiger partial charge in [-0.3, -0.25) is 9.38 Å². The summed E-state index contributed by atoms with van der Waals surface area (Å²) in [6.45, 7) is -0.149. The molecule has 0 unspecified atom stereocenters. The molecule has 0 aliphatic rings. The average molecular weight is 416 g/mol. The molecule has 0 saturated carbocycles. The van der Waals surface area contributed by atoms with Gasteiger partial charge in [0.2, 0.25) is 5.82 Å². The minimum atomic E-state index is -4.91. The number of halogens is 6. The maximum absolute atomic E-state index is 13.3. The highest BCUT2D eigenvalue weighted by atomic mass is 19.4. The number of hydrogen-bond acceptors (Lipinski definition) is 5. The first kappa shape index (κ1) is 20.4. The van der Waals surface area contributed by atoms with E-state index in [1.54, 1.807) is 6.07 Å². The largest absolute Gasteiger partial charge is 0.573 e. The van der Waals surface area contributed by atoms with Gasteiger partial charge in [0.25, 0.3) is 0 Å². The Morgan fingerprint density at radius 1 is 1.17 bits per heavy atom. The minimum Gasteiger partial charge on any atom is -0.406 e. The molecule has 0 amide bonds. The minimum absolute atomic E-state index is 0.00972. The molecule has 0 N–H and O–H groups in total. The van der Waals surface area contributed by atoms with Gasteiger partial charge in [0.05, 0.1) is 18.5 Å². The van der Waals surface area contributed by atoms with Gasteiger partial charge in [-0.05, 0) is 23.8 Å². The number of ether oxygens (including phenoxy) is 2. The molecule has 2 aromatic heterocycles. The monoisotopic (exact) mass is 416 g/mol. The summed E-state index contributed by atoms with van der Waals surface area (Å²) in [6.07, 6.45) is -7.71. The summed E-state index contributed by atoms with van der Waals surface area (Å²) in [5, 5.41) is 9.00. The first-order valence-electron chi connectivity index (χ1n) is 7.77. The van der Waals surface area contributed by atoms with E-state index in [0.29, 0.717) is 4.40 Å². The van der Waals surface area contributed by atoms with Crippen LogP contribution in [0.25, 0.3) is 16.8 Å². The molecule has 12 heteroatoms. The van der Waals surface area contributed by atoms with Crippen molar-refractivity contribution in [3.63, 3.8) is 0 Å². The number of alkyl halides is 6. The molecular weight excluding hydrogens is 406 g/mol. The number of nitriles is 1. The molecule has 29 heavy (non-hydrogen) atoms. The van der Waals surface area contributed by atoms with Gasteiger partial charge in [0.1, 0.15) is 17.3 Å². The lowest BCUT2D eigenvalue weighted by molar-refractivity contribution is -0.274. The lowest BCUT2D eigenvalue weighted by atomic mass is 10.0. The third-order valence-electron chi connectivity index (χ3n) is 3.77. The zero-order chi connectivity index (χ0) is 21.4. The Kier molecular flexibility index (Phi) is 5.10. The number of rotatable bonds is 4. The van der Waals surface area contributed by atoms with Crippen LogP contribution in [0.3, 0.4) is 0 Å². The highest BCUT2D eigenvalue weighted by Gasteiger charge is 2.37. The third kappa shape index (κ3) is 4.24. The molecule has 3 rings (SSSR count). The van der Waals surface area contributed by atoms with Crippen LogP contribution < -0.4 is 4.74 Å². The molecule has 2 heterocycles. The van der Waals surface area contributed by atoms with E-state index in [0.717, 1.165) is 24.5 Å². The third-order valence-corrected chi connectivity index (χ3v) is 3.77. The van der Waals surface area contributed by atoms with Crippen molar-refractivity contribution in [1.82, 2.24) is 14.4 Å². The Morgan fingerprint density at radius 2 is 1.90 bits per heavy atom. The molecule has 0 spiro atoms. The van der Waals surface area contributed by atoms with E-state index in [4.69, 9.17) is 10.00 Å². The SMILES string of the molecule is COCc1cc(OC(F)(F)F)ccc1-c1cn2c(C(F)(F)F)nc(C#N)c2cn1. The molecule has 0 bridgehead atoms. The fraction of sp³-hybridized carbons (Fsp3) is 0.235. The van der Waals surface area contributed by atoms with Crippen molar-refractivity contribution in [2.24, 2.45) is 0 Å². The molecule has 0 saturated heterocycles. The van der Waals surface area contributed by atoms with Gasteiger partial charge in [-0.25, -0.2) is 4.98 Å². The van der Waals surface area contributed by atoms with Crippen molar-refractivity contribution in [3.8, 4) is 23.1 Å². The van der Waals surface area contributed by atoms with E-state index in [2.05, 4.69) is 14.7 Å². The van der Waals surface area contributed by atoms with Crippen molar-refractivity contribution >= 4 is 5.52 Å². The smallest absolute Gasteiger partial charge is 0.406 e. The highest BCUT2D eigenvalue weighted by Crippen LogP contribution is 2.33. The molecule has 6 nitrogen and oxygen atoms in total. The number of methoxy groups -OCH3 is 1. The average Bonchev–Trinajstić information content (AvgIpc) is 2.99. The van der Waals surface area contributed by atoms with Crippen molar-refractivity contribution in [2.45, 2.75) is 19.1 Å². The van der Waals surface area contributed by atoms with Crippen LogP contribution in [-0.2, 0) is 17.5 Å².